The third-order valence-corrected chi connectivity index (χ3v) is 3.69. The molecule has 0 aliphatic rings. The number of rotatable bonds is 6. The van der Waals surface area contributed by atoms with Gasteiger partial charge in [0.2, 0.25) is 0 Å². The van der Waals surface area contributed by atoms with Crippen LogP contribution >= 0.6 is 0 Å². The van der Waals surface area contributed by atoms with Crippen LogP contribution in [0, 0.1) is 13.8 Å². The van der Waals surface area contributed by atoms with Gasteiger partial charge in [-0.05, 0) is 61.4 Å². The highest BCUT2D eigenvalue weighted by atomic mass is 16.5. The van der Waals surface area contributed by atoms with Crippen molar-refractivity contribution >= 4 is 17.5 Å². The van der Waals surface area contributed by atoms with Crippen molar-refractivity contribution < 1.29 is 19.1 Å². The summed E-state index contributed by atoms with van der Waals surface area (Å²) in [5, 5.41) is 5.04. The number of anilines is 1. The molecule has 0 aromatic heterocycles. The summed E-state index contributed by atoms with van der Waals surface area (Å²) in [4.78, 5) is 23.6. The van der Waals surface area contributed by atoms with Crippen molar-refractivity contribution in [1.29, 1.82) is 0 Å². The van der Waals surface area contributed by atoms with E-state index in [-0.39, 0.29) is 13.2 Å². The minimum atomic E-state index is -0.726. The molecule has 0 spiro atoms. The number of methoxy groups -OCH3 is 1. The van der Waals surface area contributed by atoms with Crippen LogP contribution in [0.4, 0.5) is 5.69 Å². The normalized spacial score (nSPS) is 10.0. The first kappa shape index (κ1) is 18.3. The third kappa shape index (κ3) is 5.53. The lowest BCUT2D eigenvalue weighted by atomic mass is 10.1. The fraction of sp³-hybridized carbons (Fsp3) is 0.263. The van der Waals surface area contributed by atoms with E-state index in [1.807, 2.05) is 32.0 Å². The molecule has 25 heavy (non-hydrogen) atoms. The number of nitrogens with one attached hydrogen (secondary N) is 2. The Labute approximate surface area is 147 Å². The Balaban J connectivity index is 1.73. The minimum Gasteiger partial charge on any atom is -0.497 e. The summed E-state index contributed by atoms with van der Waals surface area (Å²) in [7, 11) is 1.56. The Morgan fingerprint density at radius 2 is 1.60 bits per heavy atom. The maximum Gasteiger partial charge on any atom is 0.313 e. The van der Waals surface area contributed by atoms with Crippen LogP contribution in [-0.2, 0) is 9.59 Å². The van der Waals surface area contributed by atoms with Gasteiger partial charge in [0.15, 0.2) is 0 Å². The highest BCUT2D eigenvalue weighted by Crippen LogP contribution is 2.16. The number of ether oxygens (including phenoxy) is 2. The molecule has 6 nitrogen and oxygen atoms in total. The molecular weight excluding hydrogens is 320 g/mol. The van der Waals surface area contributed by atoms with Crippen molar-refractivity contribution in [3.63, 3.8) is 0 Å². The fourth-order valence-corrected chi connectivity index (χ4v) is 2.08. The van der Waals surface area contributed by atoms with Crippen LogP contribution in [0.5, 0.6) is 11.5 Å². The van der Waals surface area contributed by atoms with Crippen LogP contribution in [-0.4, -0.2) is 32.1 Å². The summed E-state index contributed by atoms with van der Waals surface area (Å²) in [5.74, 6) is -0.0261. The summed E-state index contributed by atoms with van der Waals surface area (Å²) >= 11 is 0. The SMILES string of the molecule is COc1ccc(NC(=O)C(=O)NCCOc2ccc(C)c(C)c2)cc1. The number of carbonyl (C=O) groups is 2. The molecule has 0 heterocycles. The topological polar surface area (TPSA) is 76.7 Å². The molecular formula is C19H22N2O4. The zero-order valence-corrected chi connectivity index (χ0v) is 14.6. The zero-order valence-electron chi connectivity index (χ0n) is 14.6. The van der Waals surface area contributed by atoms with Gasteiger partial charge >= 0.3 is 11.8 Å². The summed E-state index contributed by atoms with van der Waals surface area (Å²) < 4.78 is 10.6. The van der Waals surface area contributed by atoms with Gasteiger partial charge in [-0.3, -0.25) is 9.59 Å². The Morgan fingerprint density at radius 1 is 0.920 bits per heavy atom. The van der Waals surface area contributed by atoms with Crippen molar-refractivity contribution in [3.8, 4) is 11.5 Å². The average molecular weight is 342 g/mol. The summed E-state index contributed by atoms with van der Waals surface area (Å²) in [6.45, 7) is 4.56. The van der Waals surface area contributed by atoms with Gasteiger partial charge in [-0.2, -0.15) is 0 Å². The van der Waals surface area contributed by atoms with E-state index in [0.29, 0.717) is 11.4 Å². The van der Waals surface area contributed by atoms with Gasteiger partial charge in [-0.1, -0.05) is 6.07 Å². The van der Waals surface area contributed by atoms with Crippen LogP contribution in [0.3, 0.4) is 0 Å². The largest absolute Gasteiger partial charge is 0.497 e. The maximum atomic E-state index is 11.8. The standard InChI is InChI=1S/C19H22N2O4/c1-13-4-7-17(12-14(13)2)25-11-10-20-18(22)19(23)21-15-5-8-16(24-3)9-6-15/h4-9,12H,10-11H2,1-3H3,(H,20,22)(H,21,23). The molecule has 0 unspecified atom stereocenters. The zero-order chi connectivity index (χ0) is 18.2. The summed E-state index contributed by atoms with van der Waals surface area (Å²) in [6.07, 6.45) is 0. The molecule has 0 radical (unpaired) electrons. The Hall–Kier alpha value is -3.02. The van der Waals surface area contributed by atoms with E-state index < -0.39 is 11.8 Å². The predicted molar refractivity (Wildman–Crippen MR) is 96.0 cm³/mol. The van der Waals surface area contributed by atoms with Gasteiger partial charge in [0.05, 0.1) is 13.7 Å². The van der Waals surface area contributed by atoms with Gasteiger partial charge in [-0.25, -0.2) is 0 Å². The lowest BCUT2D eigenvalue weighted by Crippen LogP contribution is -2.37. The number of carbonyl (C=O) groups excluding carboxylic acids is 2. The number of benzene rings is 2. The first-order valence-corrected chi connectivity index (χ1v) is 7.93. The molecule has 0 aliphatic carbocycles. The van der Waals surface area contributed by atoms with Crippen LogP contribution in [0.1, 0.15) is 11.1 Å². The van der Waals surface area contributed by atoms with E-state index in [9.17, 15) is 9.59 Å². The van der Waals surface area contributed by atoms with Gasteiger partial charge < -0.3 is 20.1 Å². The molecule has 2 aromatic carbocycles. The molecule has 0 saturated heterocycles. The second-order valence-corrected chi connectivity index (χ2v) is 5.53. The van der Waals surface area contributed by atoms with E-state index in [1.165, 1.54) is 5.56 Å². The van der Waals surface area contributed by atoms with Crippen molar-refractivity contribution in [2.24, 2.45) is 0 Å². The molecule has 2 amide bonds. The Bertz CT molecular complexity index is 742. The van der Waals surface area contributed by atoms with Gasteiger partial charge in [0, 0.05) is 5.69 Å². The molecule has 132 valence electrons. The number of aryl methyl sites for hydroxylation is 2. The molecule has 6 heteroatoms. The molecule has 2 aromatic rings. The smallest absolute Gasteiger partial charge is 0.313 e. The molecule has 2 rings (SSSR count). The number of hydrogen-bond donors (Lipinski definition) is 2. The molecule has 0 bridgehead atoms. The van der Waals surface area contributed by atoms with Crippen LogP contribution in [0.25, 0.3) is 0 Å². The highest BCUT2D eigenvalue weighted by molar-refractivity contribution is 6.39. The quantitative estimate of drug-likeness (QED) is 0.624. The van der Waals surface area contributed by atoms with Crippen LogP contribution in [0.2, 0.25) is 0 Å². The summed E-state index contributed by atoms with van der Waals surface area (Å²) in [6, 6.07) is 12.5. The summed E-state index contributed by atoms with van der Waals surface area (Å²) in [5.41, 5.74) is 2.85. The van der Waals surface area contributed by atoms with Crippen molar-refractivity contribution in [2.75, 3.05) is 25.6 Å². The molecule has 0 saturated carbocycles. The monoisotopic (exact) mass is 342 g/mol. The second-order valence-electron chi connectivity index (χ2n) is 5.53. The average Bonchev–Trinajstić information content (AvgIpc) is 2.62. The highest BCUT2D eigenvalue weighted by Gasteiger charge is 2.13. The minimum absolute atomic E-state index is 0.238. The van der Waals surface area contributed by atoms with Crippen molar-refractivity contribution in [3.05, 3.63) is 53.6 Å². The number of amides is 2. The first-order valence-electron chi connectivity index (χ1n) is 7.93. The molecule has 0 atom stereocenters. The van der Waals surface area contributed by atoms with Gasteiger partial charge in [0.1, 0.15) is 18.1 Å². The van der Waals surface area contributed by atoms with Crippen molar-refractivity contribution in [2.45, 2.75) is 13.8 Å². The van der Waals surface area contributed by atoms with E-state index in [0.717, 1.165) is 11.3 Å². The number of hydrogen-bond acceptors (Lipinski definition) is 4. The Kier molecular flexibility index (Phi) is 6.39. The van der Waals surface area contributed by atoms with E-state index in [4.69, 9.17) is 9.47 Å². The third-order valence-electron chi connectivity index (χ3n) is 3.69. The lowest BCUT2D eigenvalue weighted by Gasteiger charge is -2.10. The lowest BCUT2D eigenvalue weighted by molar-refractivity contribution is -0.136. The maximum absolute atomic E-state index is 11.8. The van der Waals surface area contributed by atoms with Crippen LogP contribution in [0.15, 0.2) is 42.5 Å². The Morgan fingerprint density at radius 3 is 2.24 bits per heavy atom. The first-order chi connectivity index (χ1) is 12.0. The molecule has 0 fully saturated rings. The second kappa shape index (κ2) is 8.73. The predicted octanol–water partition coefficient (Wildman–Crippen LogP) is 2.45. The molecule has 0 aliphatic heterocycles. The van der Waals surface area contributed by atoms with E-state index in [2.05, 4.69) is 10.6 Å². The van der Waals surface area contributed by atoms with Crippen molar-refractivity contribution in [1.82, 2.24) is 5.32 Å². The van der Waals surface area contributed by atoms with E-state index in [1.54, 1.807) is 31.4 Å². The fourth-order valence-electron chi connectivity index (χ4n) is 2.08. The molecule has 2 N–H and O–H groups in total. The van der Waals surface area contributed by atoms with E-state index >= 15 is 0 Å². The van der Waals surface area contributed by atoms with Gasteiger partial charge in [-0.15, -0.1) is 0 Å². The van der Waals surface area contributed by atoms with Crippen LogP contribution < -0.4 is 20.1 Å². The van der Waals surface area contributed by atoms with Gasteiger partial charge in [0.25, 0.3) is 0 Å².